The Morgan fingerprint density at radius 2 is 1.83 bits per heavy atom. The zero-order valence-electron chi connectivity index (χ0n) is 15.7. The number of sulfonamides is 1. The van der Waals surface area contributed by atoms with Crippen molar-refractivity contribution < 1.29 is 13.2 Å². The fraction of sp³-hybridized carbons (Fsp3) is 0.381. The lowest BCUT2D eigenvalue weighted by Crippen LogP contribution is -2.46. The van der Waals surface area contributed by atoms with E-state index in [9.17, 15) is 13.2 Å². The third-order valence-corrected chi connectivity index (χ3v) is 8.19. The molecule has 2 saturated carbocycles. The Kier molecular flexibility index (Phi) is 5.78. The first-order valence-electron chi connectivity index (χ1n) is 9.67. The molecule has 2 fully saturated rings. The number of benzene rings is 2. The fourth-order valence-corrected chi connectivity index (χ4v) is 6.53. The molecule has 8 heteroatoms. The van der Waals surface area contributed by atoms with Crippen LogP contribution in [0.3, 0.4) is 0 Å². The SMILES string of the molecule is O=C(CN(c1ccc(Cl)cc1Cl)S(=O)(=O)c1ccccc1)N[C@@H]1C[C@@H]2CC[C@@H]1C2. The van der Waals surface area contributed by atoms with Crippen molar-refractivity contribution in [2.24, 2.45) is 11.8 Å². The number of hydrogen-bond donors (Lipinski definition) is 1. The molecule has 1 N–H and O–H groups in total. The summed E-state index contributed by atoms with van der Waals surface area (Å²) in [6, 6.07) is 12.7. The van der Waals surface area contributed by atoms with Crippen LogP contribution in [-0.2, 0) is 14.8 Å². The van der Waals surface area contributed by atoms with E-state index in [0.29, 0.717) is 16.9 Å². The fourth-order valence-electron chi connectivity index (χ4n) is 4.51. The van der Waals surface area contributed by atoms with E-state index in [1.54, 1.807) is 24.3 Å². The molecule has 0 saturated heterocycles. The van der Waals surface area contributed by atoms with E-state index in [2.05, 4.69) is 5.32 Å². The van der Waals surface area contributed by atoms with Crippen LogP contribution >= 0.6 is 23.2 Å². The van der Waals surface area contributed by atoms with Crippen LogP contribution in [0.15, 0.2) is 53.4 Å². The molecule has 4 rings (SSSR count). The van der Waals surface area contributed by atoms with Gasteiger partial charge >= 0.3 is 0 Å². The topological polar surface area (TPSA) is 66.5 Å². The number of carbonyl (C=O) groups excluding carboxylic acids is 1. The summed E-state index contributed by atoms with van der Waals surface area (Å²) in [7, 11) is -3.98. The van der Waals surface area contributed by atoms with Crippen molar-refractivity contribution in [2.45, 2.75) is 36.6 Å². The molecule has 2 bridgehead atoms. The molecule has 154 valence electrons. The molecule has 0 unspecified atom stereocenters. The van der Waals surface area contributed by atoms with E-state index in [0.717, 1.165) is 23.6 Å². The molecular formula is C21H22Cl2N2O3S. The Labute approximate surface area is 181 Å². The van der Waals surface area contributed by atoms with Crippen LogP contribution in [0, 0.1) is 11.8 Å². The van der Waals surface area contributed by atoms with Gasteiger partial charge in [0.05, 0.1) is 15.6 Å². The predicted octanol–water partition coefficient (Wildman–Crippen LogP) is 4.49. The number of fused-ring (bicyclic) bond motifs is 2. The number of rotatable bonds is 6. The van der Waals surface area contributed by atoms with Gasteiger partial charge in [0.15, 0.2) is 0 Å². The largest absolute Gasteiger partial charge is 0.352 e. The summed E-state index contributed by atoms with van der Waals surface area (Å²) < 4.78 is 27.7. The molecule has 5 nitrogen and oxygen atoms in total. The van der Waals surface area contributed by atoms with Crippen molar-refractivity contribution in [2.75, 3.05) is 10.8 Å². The highest BCUT2D eigenvalue weighted by Gasteiger charge is 2.40. The molecule has 2 aliphatic rings. The quantitative estimate of drug-likeness (QED) is 0.701. The van der Waals surface area contributed by atoms with Crippen LogP contribution < -0.4 is 9.62 Å². The molecule has 0 heterocycles. The summed E-state index contributed by atoms with van der Waals surface area (Å²) in [6.07, 6.45) is 4.49. The van der Waals surface area contributed by atoms with Gasteiger partial charge in [0, 0.05) is 11.1 Å². The minimum Gasteiger partial charge on any atom is -0.352 e. The molecular weight excluding hydrogens is 431 g/mol. The monoisotopic (exact) mass is 452 g/mol. The zero-order chi connectivity index (χ0) is 20.6. The van der Waals surface area contributed by atoms with Crippen molar-refractivity contribution in [1.29, 1.82) is 0 Å². The molecule has 1 amide bonds. The smallest absolute Gasteiger partial charge is 0.264 e. The van der Waals surface area contributed by atoms with Gasteiger partial charge in [0.2, 0.25) is 5.91 Å². The summed E-state index contributed by atoms with van der Waals surface area (Å²) in [5.74, 6) is 0.857. The summed E-state index contributed by atoms with van der Waals surface area (Å²) in [5.41, 5.74) is 0.225. The minimum absolute atomic E-state index is 0.0961. The maximum Gasteiger partial charge on any atom is 0.264 e. The number of nitrogens with one attached hydrogen (secondary N) is 1. The maximum absolute atomic E-state index is 13.3. The second-order valence-corrected chi connectivity index (χ2v) is 10.5. The molecule has 0 radical (unpaired) electrons. The molecule has 3 atom stereocenters. The van der Waals surface area contributed by atoms with Gasteiger partial charge in [-0.2, -0.15) is 0 Å². The second kappa shape index (κ2) is 8.17. The highest BCUT2D eigenvalue weighted by atomic mass is 35.5. The number of carbonyl (C=O) groups is 1. The van der Waals surface area contributed by atoms with Crippen LogP contribution in [0.1, 0.15) is 25.7 Å². The van der Waals surface area contributed by atoms with Gasteiger partial charge in [0.1, 0.15) is 6.54 Å². The second-order valence-electron chi connectivity index (χ2n) is 7.77. The number of nitrogens with zero attached hydrogens (tertiary/aromatic N) is 1. The lowest BCUT2D eigenvalue weighted by atomic mass is 9.95. The van der Waals surface area contributed by atoms with Gasteiger partial charge in [-0.15, -0.1) is 0 Å². The van der Waals surface area contributed by atoms with Crippen molar-refractivity contribution in [3.05, 3.63) is 58.6 Å². The van der Waals surface area contributed by atoms with Crippen molar-refractivity contribution in [3.63, 3.8) is 0 Å². The number of anilines is 1. The van der Waals surface area contributed by atoms with Crippen LogP contribution in [0.2, 0.25) is 10.0 Å². The average Bonchev–Trinajstić information content (AvgIpc) is 3.30. The van der Waals surface area contributed by atoms with Crippen LogP contribution in [0.4, 0.5) is 5.69 Å². The van der Waals surface area contributed by atoms with E-state index >= 15 is 0 Å². The molecule has 2 aromatic rings. The highest BCUT2D eigenvalue weighted by Crippen LogP contribution is 2.44. The lowest BCUT2D eigenvalue weighted by Gasteiger charge is -2.27. The summed E-state index contributed by atoms with van der Waals surface area (Å²) in [5, 5.41) is 3.61. The zero-order valence-corrected chi connectivity index (χ0v) is 18.1. The Balaban J connectivity index is 1.62. The van der Waals surface area contributed by atoms with Crippen LogP contribution in [0.25, 0.3) is 0 Å². The van der Waals surface area contributed by atoms with Crippen LogP contribution in [0.5, 0.6) is 0 Å². The van der Waals surface area contributed by atoms with E-state index in [4.69, 9.17) is 23.2 Å². The average molecular weight is 453 g/mol. The maximum atomic E-state index is 13.3. The third kappa shape index (κ3) is 4.25. The molecule has 0 spiro atoms. The molecule has 2 aromatic carbocycles. The number of hydrogen-bond acceptors (Lipinski definition) is 3. The Hall–Kier alpha value is -1.76. The molecule has 29 heavy (non-hydrogen) atoms. The Bertz CT molecular complexity index is 1010. The van der Waals surface area contributed by atoms with Crippen molar-refractivity contribution >= 4 is 44.8 Å². The minimum atomic E-state index is -3.98. The number of amides is 1. The van der Waals surface area contributed by atoms with E-state index in [-0.39, 0.29) is 34.1 Å². The predicted molar refractivity (Wildman–Crippen MR) is 115 cm³/mol. The standard InChI is InChI=1S/C21H22Cl2N2O3S/c22-16-8-9-20(18(23)12-16)25(29(27,28)17-4-2-1-3-5-17)13-21(26)24-19-11-14-6-7-15(19)10-14/h1-5,8-9,12,14-15,19H,6-7,10-11,13H2,(H,24,26)/t14-,15-,19-/m1/s1. The van der Waals surface area contributed by atoms with Gasteiger partial charge in [0.25, 0.3) is 10.0 Å². The highest BCUT2D eigenvalue weighted by molar-refractivity contribution is 7.92. The number of halogens is 2. The van der Waals surface area contributed by atoms with Crippen molar-refractivity contribution in [3.8, 4) is 0 Å². The van der Waals surface area contributed by atoms with Gasteiger partial charge < -0.3 is 5.32 Å². The summed E-state index contributed by atoms with van der Waals surface area (Å²) in [4.78, 5) is 12.9. The van der Waals surface area contributed by atoms with E-state index < -0.39 is 10.0 Å². The van der Waals surface area contributed by atoms with Gasteiger partial charge in [-0.3, -0.25) is 9.10 Å². The first-order valence-corrected chi connectivity index (χ1v) is 11.9. The normalized spacial score (nSPS) is 23.2. The third-order valence-electron chi connectivity index (χ3n) is 5.88. The lowest BCUT2D eigenvalue weighted by molar-refractivity contribution is -0.120. The van der Waals surface area contributed by atoms with E-state index in [1.165, 1.54) is 30.7 Å². The summed E-state index contributed by atoms with van der Waals surface area (Å²) >= 11 is 12.3. The molecule has 0 aliphatic heterocycles. The first-order chi connectivity index (χ1) is 13.8. The van der Waals surface area contributed by atoms with Gasteiger partial charge in [-0.05, 0) is 61.4 Å². The van der Waals surface area contributed by atoms with Crippen LogP contribution in [-0.4, -0.2) is 26.9 Å². The van der Waals surface area contributed by atoms with Gasteiger partial charge in [-0.25, -0.2) is 8.42 Å². The van der Waals surface area contributed by atoms with Crippen molar-refractivity contribution in [1.82, 2.24) is 5.32 Å². The van der Waals surface area contributed by atoms with E-state index in [1.807, 2.05) is 0 Å². The Morgan fingerprint density at radius 3 is 2.45 bits per heavy atom. The Morgan fingerprint density at radius 1 is 1.07 bits per heavy atom. The summed E-state index contributed by atoms with van der Waals surface area (Å²) in [6.45, 7) is -0.341. The molecule has 2 aliphatic carbocycles. The van der Waals surface area contributed by atoms with Gasteiger partial charge in [-0.1, -0.05) is 47.8 Å². The first kappa shape index (κ1) is 20.5. The molecule has 0 aromatic heterocycles.